The number of nitrogens with one attached hydrogen (secondary N) is 1. The van der Waals surface area contributed by atoms with Crippen LogP contribution in [0.1, 0.15) is 33.6 Å². The molecule has 0 fully saturated rings. The number of hydrogen-bond acceptors (Lipinski definition) is 4. The minimum atomic E-state index is -0.828. The highest BCUT2D eigenvalue weighted by molar-refractivity contribution is 5.73. The second-order valence-corrected chi connectivity index (χ2v) is 4.27. The fraction of sp³-hybridized carbons (Fsp3) is 0.818. The van der Waals surface area contributed by atoms with Crippen molar-refractivity contribution in [3.05, 3.63) is 0 Å². The molecule has 0 bridgehead atoms. The molecule has 0 aromatic heterocycles. The summed E-state index contributed by atoms with van der Waals surface area (Å²) < 4.78 is 4.77. The molecule has 5 heteroatoms. The molecule has 0 saturated heterocycles. The zero-order valence-corrected chi connectivity index (χ0v) is 10.2. The average Bonchev–Trinajstić information content (AvgIpc) is 2.17. The van der Waals surface area contributed by atoms with Crippen LogP contribution in [0.3, 0.4) is 0 Å². The Morgan fingerprint density at radius 3 is 2.50 bits per heavy atom. The minimum absolute atomic E-state index is 0.207. The standard InChI is InChI=1S/C11H21NO4/c1-4-16-9(13)6-5-7-12-8-11(2,3)10(14)15/h12H,4-8H2,1-3H3,(H,14,15). The Kier molecular flexibility index (Phi) is 6.72. The molecule has 0 aromatic carbocycles. The van der Waals surface area contributed by atoms with Crippen LogP contribution in [-0.4, -0.2) is 36.7 Å². The van der Waals surface area contributed by atoms with Gasteiger partial charge in [0, 0.05) is 13.0 Å². The normalized spacial score (nSPS) is 11.2. The fourth-order valence-corrected chi connectivity index (χ4v) is 1.07. The van der Waals surface area contributed by atoms with E-state index in [1.54, 1.807) is 20.8 Å². The predicted octanol–water partition coefficient (Wildman–Crippen LogP) is 1.03. The Hall–Kier alpha value is -1.10. The Balaban J connectivity index is 3.54. The highest BCUT2D eigenvalue weighted by atomic mass is 16.5. The third-order valence-corrected chi connectivity index (χ3v) is 2.19. The van der Waals surface area contributed by atoms with Crippen molar-refractivity contribution in [2.75, 3.05) is 19.7 Å². The number of carboxylic acids is 1. The van der Waals surface area contributed by atoms with Gasteiger partial charge in [-0.1, -0.05) is 0 Å². The molecule has 0 heterocycles. The van der Waals surface area contributed by atoms with E-state index in [1.165, 1.54) is 0 Å². The van der Waals surface area contributed by atoms with Crippen molar-refractivity contribution in [3.63, 3.8) is 0 Å². The van der Waals surface area contributed by atoms with E-state index in [-0.39, 0.29) is 5.97 Å². The van der Waals surface area contributed by atoms with E-state index in [4.69, 9.17) is 9.84 Å². The fourth-order valence-electron chi connectivity index (χ4n) is 1.07. The summed E-state index contributed by atoms with van der Waals surface area (Å²) in [6.07, 6.45) is 1.03. The van der Waals surface area contributed by atoms with E-state index in [9.17, 15) is 9.59 Å². The minimum Gasteiger partial charge on any atom is -0.481 e. The van der Waals surface area contributed by atoms with Crippen molar-refractivity contribution < 1.29 is 19.4 Å². The van der Waals surface area contributed by atoms with E-state index in [2.05, 4.69) is 5.32 Å². The number of carbonyl (C=O) groups is 2. The van der Waals surface area contributed by atoms with E-state index >= 15 is 0 Å². The van der Waals surface area contributed by atoms with Gasteiger partial charge in [0.2, 0.25) is 0 Å². The zero-order valence-electron chi connectivity index (χ0n) is 10.2. The van der Waals surface area contributed by atoms with Crippen molar-refractivity contribution >= 4 is 11.9 Å². The molecule has 0 aliphatic carbocycles. The van der Waals surface area contributed by atoms with Crippen LogP contribution in [0.15, 0.2) is 0 Å². The van der Waals surface area contributed by atoms with Gasteiger partial charge in [0.05, 0.1) is 12.0 Å². The van der Waals surface area contributed by atoms with Crippen LogP contribution in [0.4, 0.5) is 0 Å². The van der Waals surface area contributed by atoms with E-state index in [0.29, 0.717) is 32.5 Å². The highest BCUT2D eigenvalue weighted by Crippen LogP contribution is 2.12. The van der Waals surface area contributed by atoms with Crippen LogP contribution in [0, 0.1) is 5.41 Å². The quantitative estimate of drug-likeness (QED) is 0.482. The molecule has 0 saturated carbocycles. The molecule has 0 amide bonds. The molecule has 0 unspecified atom stereocenters. The van der Waals surface area contributed by atoms with Crippen molar-refractivity contribution in [2.24, 2.45) is 5.41 Å². The number of hydrogen-bond donors (Lipinski definition) is 2. The van der Waals surface area contributed by atoms with Gasteiger partial charge in [-0.2, -0.15) is 0 Å². The first kappa shape index (κ1) is 14.9. The van der Waals surface area contributed by atoms with Gasteiger partial charge in [-0.3, -0.25) is 9.59 Å². The molecule has 0 aliphatic rings. The molecular weight excluding hydrogens is 210 g/mol. The first-order chi connectivity index (χ1) is 7.40. The summed E-state index contributed by atoms with van der Waals surface area (Å²) in [6, 6.07) is 0. The number of aliphatic carboxylic acids is 1. The van der Waals surface area contributed by atoms with Crippen molar-refractivity contribution in [2.45, 2.75) is 33.6 Å². The highest BCUT2D eigenvalue weighted by Gasteiger charge is 2.26. The van der Waals surface area contributed by atoms with Crippen LogP contribution in [0.2, 0.25) is 0 Å². The number of esters is 1. The molecule has 0 radical (unpaired) electrons. The molecule has 94 valence electrons. The number of carbonyl (C=O) groups excluding carboxylic acids is 1. The van der Waals surface area contributed by atoms with E-state index in [0.717, 1.165) is 0 Å². The molecular formula is C11H21NO4. The van der Waals surface area contributed by atoms with Gasteiger partial charge in [0.15, 0.2) is 0 Å². The summed E-state index contributed by atoms with van der Waals surface area (Å²) in [7, 11) is 0. The average molecular weight is 231 g/mol. The van der Waals surface area contributed by atoms with Gasteiger partial charge in [0.25, 0.3) is 0 Å². The lowest BCUT2D eigenvalue weighted by atomic mass is 9.94. The maximum Gasteiger partial charge on any atom is 0.310 e. The summed E-state index contributed by atoms with van der Waals surface area (Å²) >= 11 is 0. The zero-order chi connectivity index (χ0) is 12.6. The molecule has 0 aliphatic heterocycles. The molecule has 16 heavy (non-hydrogen) atoms. The lowest BCUT2D eigenvalue weighted by molar-refractivity contribution is -0.147. The second-order valence-electron chi connectivity index (χ2n) is 4.27. The van der Waals surface area contributed by atoms with Gasteiger partial charge in [-0.25, -0.2) is 0 Å². The summed E-state index contributed by atoms with van der Waals surface area (Å²) in [4.78, 5) is 21.7. The van der Waals surface area contributed by atoms with Gasteiger partial charge in [-0.15, -0.1) is 0 Å². The molecule has 0 atom stereocenters. The van der Waals surface area contributed by atoms with Crippen molar-refractivity contribution in [1.29, 1.82) is 0 Å². The summed E-state index contributed by atoms with van der Waals surface area (Å²) in [6.45, 7) is 6.51. The maximum atomic E-state index is 11.0. The summed E-state index contributed by atoms with van der Waals surface area (Å²) in [5.41, 5.74) is -0.774. The Labute approximate surface area is 96.2 Å². The predicted molar refractivity (Wildman–Crippen MR) is 60.2 cm³/mol. The van der Waals surface area contributed by atoms with Crippen molar-refractivity contribution in [1.82, 2.24) is 5.32 Å². The van der Waals surface area contributed by atoms with Crippen LogP contribution < -0.4 is 5.32 Å². The van der Waals surface area contributed by atoms with Crippen LogP contribution in [0.5, 0.6) is 0 Å². The van der Waals surface area contributed by atoms with Gasteiger partial charge in [0.1, 0.15) is 0 Å². The smallest absolute Gasteiger partial charge is 0.310 e. The van der Waals surface area contributed by atoms with E-state index in [1.807, 2.05) is 0 Å². The molecule has 0 aromatic rings. The molecule has 0 rings (SSSR count). The lowest BCUT2D eigenvalue weighted by Crippen LogP contribution is -2.36. The first-order valence-corrected chi connectivity index (χ1v) is 5.50. The maximum absolute atomic E-state index is 11.0. The van der Waals surface area contributed by atoms with Crippen LogP contribution in [-0.2, 0) is 14.3 Å². The number of ether oxygens (including phenoxy) is 1. The molecule has 2 N–H and O–H groups in total. The monoisotopic (exact) mass is 231 g/mol. The summed E-state index contributed by atoms with van der Waals surface area (Å²) in [5, 5.41) is 11.9. The third-order valence-electron chi connectivity index (χ3n) is 2.19. The van der Waals surface area contributed by atoms with Crippen LogP contribution in [0.25, 0.3) is 0 Å². The van der Waals surface area contributed by atoms with Gasteiger partial charge < -0.3 is 15.2 Å². The Bertz CT molecular complexity index is 238. The first-order valence-electron chi connectivity index (χ1n) is 5.50. The summed E-state index contributed by atoms with van der Waals surface area (Å²) in [5.74, 6) is -1.04. The van der Waals surface area contributed by atoms with Gasteiger partial charge in [-0.05, 0) is 33.7 Å². The van der Waals surface area contributed by atoms with Crippen molar-refractivity contribution in [3.8, 4) is 0 Å². The lowest BCUT2D eigenvalue weighted by Gasteiger charge is -2.19. The second kappa shape index (κ2) is 7.22. The third kappa shape index (κ3) is 6.40. The Morgan fingerprint density at radius 2 is 2.00 bits per heavy atom. The number of rotatable bonds is 8. The largest absolute Gasteiger partial charge is 0.481 e. The topological polar surface area (TPSA) is 75.6 Å². The van der Waals surface area contributed by atoms with E-state index < -0.39 is 11.4 Å². The van der Waals surface area contributed by atoms with Gasteiger partial charge >= 0.3 is 11.9 Å². The SMILES string of the molecule is CCOC(=O)CCCNCC(C)(C)C(=O)O. The Morgan fingerprint density at radius 1 is 1.38 bits per heavy atom. The van der Waals surface area contributed by atoms with Crippen LogP contribution >= 0.6 is 0 Å². The number of carboxylic acid groups (broad SMARTS) is 1. The molecule has 5 nitrogen and oxygen atoms in total. The molecule has 0 spiro atoms.